The van der Waals surface area contributed by atoms with Crippen molar-refractivity contribution < 1.29 is 62.1 Å². The second-order valence-corrected chi connectivity index (χ2v) is 17.7. The summed E-state index contributed by atoms with van der Waals surface area (Å²) in [4.78, 5) is 112. The Morgan fingerprint density at radius 2 is 1.38 bits per heavy atom. The Morgan fingerprint density at radius 1 is 0.766 bits per heavy atom. The SMILES string of the molecule is CC(C)[C@H](NC(=O)c1ccc2ccccc2n1)C(=O)N[C@@H](CC(=O)O)C(=O)N[C@H](C(=O)N1CC[C@H](CC(C)(C)C)[C@H]1C(=O)N[C@@H](CC(=O)O)C(=O)COc1c(F)cccc1F)C(C)C. The number of ether oxygens (including phenoxy) is 1. The molecule has 0 saturated carbocycles. The number of hydrogen-bond acceptors (Lipinski definition) is 10. The van der Waals surface area contributed by atoms with Gasteiger partial charge in [-0.3, -0.25) is 38.4 Å². The molecule has 2 aromatic carbocycles. The van der Waals surface area contributed by atoms with Crippen LogP contribution in [-0.4, -0.2) is 111 Å². The van der Waals surface area contributed by atoms with E-state index in [2.05, 4.69) is 26.3 Å². The molecule has 17 nitrogen and oxygen atoms in total. The maximum absolute atomic E-state index is 14.5. The maximum atomic E-state index is 14.5. The van der Waals surface area contributed by atoms with E-state index in [1.165, 1.54) is 11.0 Å². The van der Waals surface area contributed by atoms with Crippen molar-refractivity contribution >= 4 is 58.2 Å². The molecule has 0 aliphatic carbocycles. The third kappa shape index (κ3) is 13.5. The largest absolute Gasteiger partial charge is 0.481 e. The molecule has 6 N–H and O–H groups in total. The van der Waals surface area contributed by atoms with Crippen LogP contribution in [0.5, 0.6) is 5.75 Å². The molecule has 1 aromatic heterocycles. The summed E-state index contributed by atoms with van der Waals surface area (Å²) in [5.41, 5.74) is 0.172. The molecule has 0 radical (unpaired) electrons. The van der Waals surface area contributed by atoms with E-state index in [0.29, 0.717) is 18.4 Å². The highest BCUT2D eigenvalue weighted by molar-refractivity contribution is 6.00. The van der Waals surface area contributed by atoms with Gasteiger partial charge in [-0.25, -0.2) is 13.8 Å². The summed E-state index contributed by atoms with van der Waals surface area (Å²) in [5, 5.41) is 30.2. The average Bonchev–Trinajstić information content (AvgIpc) is 3.62. The topological polar surface area (TPSA) is 250 Å². The smallest absolute Gasteiger partial charge is 0.305 e. The van der Waals surface area contributed by atoms with Crippen LogP contribution in [0.2, 0.25) is 0 Å². The fraction of sp³-hybridized carbons (Fsp3) is 0.489. The number of nitrogens with zero attached hydrogens (tertiary/aromatic N) is 2. The van der Waals surface area contributed by atoms with E-state index in [4.69, 9.17) is 4.74 Å². The Kier molecular flexibility index (Phi) is 17.0. The van der Waals surface area contributed by atoms with E-state index in [9.17, 15) is 57.4 Å². The number of aliphatic carboxylic acids is 2. The lowest BCUT2D eigenvalue weighted by Crippen LogP contribution is -2.61. The second kappa shape index (κ2) is 21.7. The number of hydrogen-bond donors (Lipinski definition) is 6. The molecular formula is C45H56F2N6O11. The van der Waals surface area contributed by atoms with Gasteiger partial charge in [0.05, 0.1) is 18.4 Å². The highest BCUT2D eigenvalue weighted by Gasteiger charge is 2.46. The van der Waals surface area contributed by atoms with Crippen molar-refractivity contribution in [1.29, 1.82) is 0 Å². The zero-order chi connectivity index (χ0) is 47.6. The molecule has 4 rings (SSSR count). The molecule has 1 aliphatic rings. The number of rotatable bonds is 20. The monoisotopic (exact) mass is 894 g/mol. The van der Waals surface area contributed by atoms with Gasteiger partial charge in [0.25, 0.3) is 5.91 Å². The van der Waals surface area contributed by atoms with Crippen LogP contribution < -0.4 is 26.0 Å². The van der Waals surface area contributed by atoms with Gasteiger partial charge in [-0.2, -0.15) is 0 Å². The number of pyridine rings is 1. The molecule has 0 bridgehead atoms. The number of carboxylic acids is 2. The Bertz CT molecular complexity index is 2230. The van der Waals surface area contributed by atoms with Crippen molar-refractivity contribution in [2.24, 2.45) is 23.2 Å². The minimum Gasteiger partial charge on any atom is -0.481 e. The summed E-state index contributed by atoms with van der Waals surface area (Å²) in [6, 6.07) is 5.75. The Morgan fingerprint density at radius 3 is 1.97 bits per heavy atom. The van der Waals surface area contributed by atoms with Crippen LogP contribution in [0.3, 0.4) is 0 Å². The number of carbonyl (C=O) groups excluding carboxylic acids is 6. The van der Waals surface area contributed by atoms with Gasteiger partial charge < -0.3 is 41.1 Å². The molecule has 1 fully saturated rings. The van der Waals surface area contributed by atoms with Gasteiger partial charge in [0, 0.05) is 11.9 Å². The highest BCUT2D eigenvalue weighted by atomic mass is 19.1. The molecule has 1 saturated heterocycles. The molecule has 0 spiro atoms. The summed E-state index contributed by atoms with van der Waals surface area (Å²) in [6.07, 6.45) is -1.16. The second-order valence-electron chi connectivity index (χ2n) is 17.7. The molecule has 6 atom stereocenters. The zero-order valence-electron chi connectivity index (χ0n) is 36.8. The van der Waals surface area contributed by atoms with E-state index < -0.39 is 132 Å². The van der Waals surface area contributed by atoms with Gasteiger partial charge in [0.1, 0.15) is 42.5 Å². The molecule has 346 valence electrons. The van der Waals surface area contributed by atoms with Crippen LogP contribution >= 0.6 is 0 Å². The number of aromatic nitrogens is 1. The van der Waals surface area contributed by atoms with Crippen molar-refractivity contribution in [3.63, 3.8) is 0 Å². The highest BCUT2D eigenvalue weighted by Crippen LogP contribution is 2.36. The number of carbonyl (C=O) groups is 8. The first-order valence-electron chi connectivity index (χ1n) is 20.9. The minimum atomic E-state index is -1.74. The molecule has 2 heterocycles. The number of carboxylic acid groups (broad SMARTS) is 2. The average molecular weight is 895 g/mol. The summed E-state index contributed by atoms with van der Waals surface area (Å²) in [6.45, 7) is 11.2. The first-order chi connectivity index (χ1) is 30.0. The predicted octanol–water partition coefficient (Wildman–Crippen LogP) is 3.63. The number of para-hydroxylation sites is 2. The van der Waals surface area contributed by atoms with Crippen molar-refractivity contribution in [2.75, 3.05) is 13.2 Å². The first kappa shape index (κ1) is 50.1. The summed E-state index contributed by atoms with van der Waals surface area (Å²) < 4.78 is 33.5. The minimum absolute atomic E-state index is 0.00109. The quantitative estimate of drug-likeness (QED) is 0.0952. The van der Waals surface area contributed by atoms with Gasteiger partial charge in [-0.15, -0.1) is 0 Å². The van der Waals surface area contributed by atoms with Crippen LogP contribution in [0.1, 0.15) is 84.6 Å². The Balaban J connectivity index is 1.55. The standard InChI is InChI=1S/C45H56F2N6O11/c1-23(2)36(51-40(59)30-16-15-25-11-8-9-14-29(25)48-30)42(61)50-32(20-35(57)58)41(60)52-37(24(3)4)44(63)53-18-17-26(21-45(5,6)7)38(53)43(62)49-31(19-34(55)56)33(54)22-64-39-27(46)12-10-13-28(39)47/h8-16,23-24,26,31-32,36-38H,17-22H2,1-7H3,(H,49,62)(H,50,61)(H,51,59)(H,52,60)(H,55,56)(H,57,58)/t26-,31+,32+,36+,37+,38+/m1/s1. The molecule has 1 aliphatic heterocycles. The van der Waals surface area contributed by atoms with E-state index in [1.807, 2.05) is 32.9 Å². The lowest BCUT2D eigenvalue weighted by Gasteiger charge is -2.35. The van der Waals surface area contributed by atoms with E-state index >= 15 is 0 Å². The van der Waals surface area contributed by atoms with Crippen LogP contribution in [-0.2, 0) is 33.6 Å². The van der Waals surface area contributed by atoms with Crippen LogP contribution in [0.15, 0.2) is 54.6 Å². The number of fused-ring (bicyclic) bond motifs is 1. The molecule has 64 heavy (non-hydrogen) atoms. The molecule has 3 aromatic rings. The number of halogens is 2. The first-order valence-corrected chi connectivity index (χ1v) is 20.9. The summed E-state index contributed by atoms with van der Waals surface area (Å²) >= 11 is 0. The number of ketones is 1. The van der Waals surface area contributed by atoms with Crippen LogP contribution in [0.25, 0.3) is 10.9 Å². The summed E-state index contributed by atoms with van der Waals surface area (Å²) in [7, 11) is 0. The lowest BCUT2D eigenvalue weighted by atomic mass is 9.81. The third-order valence-corrected chi connectivity index (χ3v) is 10.6. The number of nitrogens with one attached hydrogen (secondary N) is 4. The summed E-state index contributed by atoms with van der Waals surface area (Å²) in [5.74, 6) is -13.1. The van der Waals surface area contributed by atoms with Gasteiger partial charge >= 0.3 is 11.9 Å². The van der Waals surface area contributed by atoms with Crippen molar-refractivity contribution in [3.8, 4) is 5.75 Å². The fourth-order valence-electron chi connectivity index (χ4n) is 7.53. The predicted molar refractivity (Wildman–Crippen MR) is 228 cm³/mol. The normalized spacial score (nSPS) is 17.0. The lowest BCUT2D eigenvalue weighted by molar-refractivity contribution is -0.146. The van der Waals surface area contributed by atoms with Crippen LogP contribution in [0, 0.1) is 34.8 Å². The molecular weight excluding hydrogens is 839 g/mol. The third-order valence-electron chi connectivity index (χ3n) is 10.6. The van der Waals surface area contributed by atoms with Crippen molar-refractivity contribution in [1.82, 2.24) is 31.2 Å². The van der Waals surface area contributed by atoms with Gasteiger partial charge in [-0.05, 0) is 60.3 Å². The number of Topliss-reactive ketones (excluding diaryl/α,β-unsaturated/α-hetero) is 1. The van der Waals surface area contributed by atoms with Gasteiger partial charge in [0.2, 0.25) is 23.6 Å². The fourth-order valence-corrected chi connectivity index (χ4v) is 7.53. The van der Waals surface area contributed by atoms with Crippen molar-refractivity contribution in [3.05, 3.63) is 71.9 Å². The number of benzene rings is 2. The Hall–Kier alpha value is -6.53. The molecule has 19 heteroatoms. The van der Waals surface area contributed by atoms with Crippen molar-refractivity contribution in [2.45, 2.75) is 104 Å². The van der Waals surface area contributed by atoms with Gasteiger partial charge in [0.15, 0.2) is 23.2 Å². The van der Waals surface area contributed by atoms with E-state index in [1.54, 1.807) is 45.9 Å². The number of likely N-dealkylation sites (tertiary alicyclic amines) is 1. The van der Waals surface area contributed by atoms with Gasteiger partial charge in [-0.1, -0.05) is 78.8 Å². The van der Waals surface area contributed by atoms with Crippen LogP contribution in [0.4, 0.5) is 8.78 Å². The van der Waals surface area contributed by atoms with E-state index in [0.717, 1.165) is 23.6 Å². The molecule has 0 unspecified atom stereocenters. The number of amides is 5. The van der Waals surface area contributed by atoms with E-state index in [-0.39, 0.29) is 17.7 Å². The molecule has 5 amide bonds. The maximum Gasteiger partial charge on any atom is 0.305 e. The zero-order valence-corrected chi connectivity index (χ0v) is 36.8. The Labute approximate surface area is 369 Å².